The molecule has 2 amide bonds. The van der Waals surface area contributed by atoms with E-state index in [1.807, 2.05) is 0 Å². The summed E-state index contributed by atoms with van der Waals surface area (Å²) in [6.45, 7) is 0.940. The molecule has 0 atom stereocenters. The summed E-state index contributed by atoms with van der Waals surface area (Å²) < 4.78 is 1.26. The number of amides is 2. The molecule has 1 aromatic heterocycles. The van der Waals surface area contributed by atoms with Crippen molar-refractivity contribution in [3.05, 3.63) is 64.1 Å². The molecule has 0 aliphatic rings. The maximum atomic E-state index is 12.2. The molecule has 2 N–H and O–H groups in total. The maximum absolute atomic E-state index is 12.2. The highest BCUT2D eigenvalue weighted by Crippen LogP contribution is 2.13. The molecule has 9 heteroatoms. The Morgan fingerprint density at radius 1 is 0.939 bits per heavy atom. The lowest BCUT2D eigenvalue weighted by Gasteiger charge is -2.18. The van der Waals surface area contributed by atoms with Gasteiger partial charge in [-0.3, -0.25) is 14.4 Å². The van der Waals surface area contributed by atoms with Gasteiger partial charge in [0.05, 0.1) is 23.4 Å². The van der Waals surface area contributed by atoms with E-state index in [4.69, 9.17) is 5.11 Å². The average molecular weight is 456 g/mol. The zero-order valence-corrected chi connectivity index (χ0v) is 18.4. The highest BCUT2D eigenvalue weighted by atomic mass is 16.4. The van der Waals surface area contributed by atoms with Gasteiger partial charge in [0.25, 0.3) is 11.5 Å². The standard InChI is InChI=1S/C24H29N3O6/c28-16-15-26-17-19(11-12-22(26)30)27(18-29)14-8-4-2-1-3-7-13-25-23(31)20-9-5-6-10-21(20)24(32)33/h5-6,9-12,16-18H,1-4,7-8,13-15H2,(H,25,31)(H,32,33). The van der Waals surface area contributed by atoms with Crippen molar-refractivity contribution in [3.8, 4) is 0 Å². The van der Waals surface area contributed by atoms with Crippen molar-refractivity contribution in [2.24, 2.45) is 0 Å². The number of carbonyl (C=O) groups excluding carboxylic acids is 3. The van der Waals surface area contributed by atoms with Crippen LogP contribution in [0.1, 0.15) is 59.2 Å². The van der Waals surface area contributed by atoms with Gasteiger partial charge in [-0.05, 0) is 31.0 Å². The molecule has 9 nitrogen and oxygen atoms in total. The third-order valence-corrected chi connectivity index (χ3v) is 5.21. The molecule has 2 aromatic rings. The predicted molar refractivity (Wildman–Crippen MR) is 124 cm³/mol. The fourth-order valence-corrected chi connectivity index (χ4v) is 3.43. The fourth-order valence-electron chi connectivity index (χ4n) is 3.43. The Kier molecular flexibility index (Phi) is 10.5. The Balaban J connectivity index is 1.63. The summed E-state index contributed by atoms with van der Waals surface area (Å²) >= 11 is 0. The zero-order chi connectivity index (χ0) is 24.1. The molecule has 33 heavy (non-hydrogen) atoms. The quantitative estimate of drug-likeness (QED) is 0.314. The molecule has 0 saturated heterocycles. The van der Waals surface area contributed by atoms with E-state index in [9.17, 15) is 24.0 Å². The monoisotopic (exact) mass is 455 g/mol. The number of aromatic carboxylic acids is 1. The molecule has 0 fully saturated rings. The zero-order valence-electron chi connectivity index (χ0n) is 18.4. The van der Waals surface area contributed by atoms with Gasteiger partial charge in [0, 0.05) is 25.4 Å². The van der Waals surface area contributed by atoms with Crippen molar-refractivity contribution >= 4 is 30.3 Å². The molecule has 0 spiro atoms. The van der Waals surface area contributed by atoms with Crippen molar-refractivity contribution in [3.63, 3.8) is 0 Å². The first-order valence-corrected chi connectivity index (χ1v) is 10.9. The van der Waals surface area contributed by atoms with Gasteiger partial charge < -0.3 is 24.7 Å². The van der Waals surface area contributed by atoms with Crippen molar-refractivity contribution in [2.45, 2.75) is 45.1 Å². The summed E-state index contributed by atoms with van der Waals surface area (Å²) in [6, 6.07) is 9.04. The summed E-state index contributed by atoms with van der Waals surface area (Å²) in [5.41, 5.74) is 0.429. The van der Waals surface area contributed by atoms with Gasteiger partial charge in [0.15, 0.2) is 0 Å². The molecular weight excluding hydrogens is 426 g/mol. The van der Waals surface area contributed by atoms with Crippen LogP contribution in [0, 0.1) is 0 Å². The number of aldehydes is 1. The smallest absolute Gasteiger partial charge is 0.336 e. The van der Waals surface area contributed by atoms with Crippen LogP contribution < -0.4 is 15.8 Å². The van der Waals surface area contributed by atoms with Gasteiger partial charge in [-0.25, -0.2) is 4.79 Å². The lowest BCUT2D eigenvalue weighted by Crippen LogP contribution is -2.26. The summed E-state index contributed by atoms with van der Waals surface area (Å²) in [5.74, 6) is -1.52. The van der Waals surface area contributed by atoms with Crippen molar-refractivity contribution in [2.75, 3.05) is 18.0 Å². The van der Waals surface area contributed by atoms with Crippen LogP contribution in [0.5, 0.6) is 0 Å². The van der Waals surface area contributed by atoms with E-state index in [-0.39, 0.29) is 29.1 Å². The van der Waals surface area contributed by atoms with Crippen LogP contribution in [0.2, 0.25) is 0 Å². The number of nitrogens with zero attached hydrogens (tertiary/aromatic N) is 2. The minimum Gasteiger partial charge on any atom is -0.478 e. The van der Waals surface area contributed by atoms with Gasteiger partial charge in [0.2, 0.25) is 6.41 Å². The molecule has 0 radical (unpaired) electrons. The van der Waals surface area contributed by atoms with Crippen molar-refractivity contribution in [1.29, 1.82) is 0 Å². The highest BCUT2D eigenvalue weighted by molar-refractivity contribution is 6.04. The Bertz CT molecular complexity index is 1020. The summed E-state index contributed by atoms with van der Waals surface area (Å²) in [4.78, 5) is 58.7. The van der Waals surface area contributed by atoms with Crippen LogP contribution in [-0.2, 0) is 16.1 Å². The molecule has 0 unspecified atom stereocenters. The Morgan fingerprint density at radius 3 is 2.27 bits per heavy atom. The van der Waals surface area contributed by atoms with E-state index >= 15 is 0 Å². The molecule has 1 aromatic carbocycles. The highest BCUT2D eigenvalue weighted by Gasteiger charge is 2.15. The first-order valence-electron chi connectivity index (χ1n) is 10.9. The number of benzene rings is 1. The number of hydrogen-bond acceptors (Lipinski definition) is 5. The third-order valence-electron chi connectivity index (χ3n) is 5.21. The van der Waals surface area contributed by atoms with Gasteiger partial charge in [0.1, 0.15) is 6.29 Å². The van der Waals surface area contributed by atoms with E-state index < -0.39 is 5.97 Å². The summed E-state index contributed by atoms with van der Waals surface area (Å²) in [6.07, 6.45) is 8.26. The third kappa shape index (κ3) is 8.03. The second kappa shape index (κ2) is 13.6. The maximum Gasteiger partial charge on any atom is 0.336 e. The molecular formula is C24H29N3O6. The molecule has 0 aliphatic heterocycles. The number of unbranched alkanes of at least 4 members (excludes halogenated alkanes) is 5. The predicted octanol–water partition coefficient (Wildman–Crippen LogP) is 2.48. The number of carboxylic acid groups (broad SMARTS) is 1. The topological polar surface area (TPSA) is 126 Å². The summed E-state index contributed by atoms with van der Waals surface area (Å²) in [7, 11) is 0. The molecule has 176 valence electrons. The fraction of sp³-hybridized carbons (Fsp3) is 0.375. The van der Waals surface area contributed by atoms with E-state index in [1.165, 1.54) is 33.9 Å². The molecule has 2 rings (SSSR count). The number of nitrogens with one attached hydrogen (secondary N) is 1. The van der Waals surface area contributed by atoms with Crippen LogP contribution in [0.25, 0.3) is 0 Å². The van der Waals surface area contributed by atoms with Gasteiger partial charge in [-0.1, -0.05) is 37.8 Å². The lowest BCUT2D eigenvalue weighted by molar-refractivity contribution is -0.108. The number of rotatable bonds is 15. The van der Waals surface area contributed by atoms with E-state index in [0.29, 0.717) is 25.1 Å². The number of carbonyl (C=O) groups is 4. The second-order valence-corrected chi connectivity index (χ2v) is 7.57. The summed E-state index contributed by atoms with van der Waals surface area (Å²) in [5, 5.41) is 11.9. The number of pyridine rings is 1. The van der Waals surface area contributed by atoms with E-state index in [1.54, 1.807) is 18.2 Å². The second-order valence-electron chi connectivity index (χ2n) is 7.57. The van der Waals surface area contributed by atoms with Crippen molar-refractivity contribution < 1.29 is 24.3 Å². The van der Waals surface area contributed by atoms with E-state index in [0.717, 1.165) is 44.9 Å². The average Bonchev–Trinajstić information content (AvgIpc) is 2.82. The van der Waals surface area contributed by atoms with Crippen LogP contribution >= 0.6 is 0 Å². The number of hydrogen-bond donors (Lipinski definition) is 2. The largest absolute Gasteiger partial charge is 0.478 e. The Morgan fingerprint density at radius 2 is 1.61 bits per heavy atom. The van der Waals surface area contributed by atoms with Crippen LogP contribution in [0.3, 0.4) is 0 Å². The number of carboxylic acids is 1. The normalized spacial score (nSPS) is 10.4. The van der Waals surface area contributed by atoms with Crippen molar-refractivity contribution in [1.82, 2.24) is 9.88 Å². The number of anilines is 1. The molecule has 0 aliphatic carbocycles. The molecule has 0 saturated carbocycles. The Labute approximate surface area is 192 Å². The first kappa shape index (κ1) is 25.5. The minimum absolute atomic E-state index is 0.0121. The SMILES string of the molecule is O=CCn1cc(N(C=O)CCCCCCCCNC(=O)c2ccccc2C(=O)O)ccc1=O. The minimum atomic E-state index is -1.13. The van der Waals surface area contributed by atoms with Gasteiger partial charge in [-0.2, -0.15) is 0 Å². The van der Waals surface area contributed by atoms with Crippen LogP contribution in [0.15, 0.2) is 47.4 Å². The number of aromatic nitrogens is 1. The van der Waals surface area contributed by atoms with Crippen LogP contribution in [-0.4, -0.2) is 47.3 Å². The van der Waals surface area contributed by atoms with E-state index in [2.05, 4.69) is 5.32 Å². The first-order chi connectivity index (χ1) is 16.0. The van der Waals surface area contributed by atoms with Gasteiger partial charge in [-0.15, -0.1) is 0 Å². The van der Waals surface area contributed by atoms with Gasteiger partial charge >= 0.3 is 5.97 Å². The molecule has 0 bridgehead atoms. The lowest BCUT2D eigenvalue weighted by atomic mass is 10.1. The Hall–Kier alpha value is -3.75. The molecule has 1 heterocycles. The van der Waals surface area contributed by atoms with Crippen LogP contribution in [0.4, 0.5) is 5.69 Å².